The van der Waals surface area contributed by atoms with Crippen LogP contribution in [-0.4, -0.2) is 6.04 Å². The number of nitrogens with one attached hydrogen (secondary N) is 1. The molecule has 0 radical (unpaired) electrons. The Hall–Kier alpha value is -2.53. The third-order valence-electron chi connectivity index (χ3n) is 2.75. The molecular formula is C17H16N2. The van der Waals surface area contributed by atoms with Gasteiger partial charge in [-0.25, -0.2) is 0 Å². The van der Waals surface area contributed by atoms with Crippen LogP contribution in [0.2, 0.25) is 0 Å². The van der Waals surface area contributed by atoms with Gasteiger partial charge in [0.2, 0.25) is 0 Å². The minimum absolute atomic E-state index is 0.206. The zero-order valence-electron chi connectivity index (χ0n) is 10.7. The lowest BCUT2D eigenvalue weighted by atomic mass is 10.1. The van der Waals surface area contributed by atoms with Gasteiger partial charge in [-0.15, -0.1) is 0 Å². The first-order valence-electron chi connectivity index (χ1n) is 6.31. The van der Waals surface area contributed by atoms with Gasteiger partial charge in [0.1, 0.15) is 6.04 Å². The van der Waals surface area contributed by atoms with Crippen molar-refractivity contribution >= 4 is 11.8 Å². The molecule has 0 saturated heterocycles. The predicted molar refractivity (Wildman–Crippen MR) is 79.6 cm³/mol. The van der Waals surface area contributed by atoms with Crippen LogP contribution in [0.25, 0.3) is 6.08 Å². The van der Waals surface area contributed by atoms with Crippen LogP contribution in [0.15, 0.2) is 66.7 Å². The van der Waals surface area contributed by atoms with E-state index < -0.39 is 0 Å². The van der Waals surface area contributed by atoms with E-state index >= 15 is 0 Å². The normalized spacial score (nSPS) is 11.9. The summed E-state index contributed by atoms with van der Waals surface area (Å²) in [7, 11) is 0. The summed E-state index contributed by atoms with van der Waals surface area (Å²) in [5.41, 5.74) is 2.13. The molecule has 2 aromatic rings. The van der Waals surface area contributed by atoms with E-state index in [1.54, 1.807) is 0 Å². The Labute approximate surface area is 114 Å². The molecule has 2 rings (SSSR count). The standard InChI is InChI=1S/C17H16N2/c18-14-17(19-16-11-5-2-6-12-16)13-7-10-15-8-3-1-4-9-15/h1-12,17,19H,13H2/b10-7+. The van der Waals surface area contributed by atoms with E-state index in [4.69, 9.17) is 5.26 Å². The van der Waals surface area contributed by atoms with Gasteiger partial charge in [0, 0.05) is 5.69 Å². The molecule has 94 valence electrons. The summed E-state index contributed by atoms with van der Waals surface area (Å²) in [5, 5.41) is 12.3. The van der Waals surface area contributed by atoms with Gasteiger partial charge in [-0.2, -0.15) is 5.26 Å². The largest absolute Gasteiger partial charge is 0.370 e. The molecule has 0 bridgehead atoms. The van der Waals surface area contributed by atoms with Gasteiger partial charge >= 0.3 is 0 Å². The summed E-state index contributed by atoms with van der Waals surface area (Å²) in [5.74, 6) is 0. The molecule has 0 fully saturated rings. The first kappa shape index (κ1) is 12.9. The third-order valence-corrected chi connectivity index (χ3v) is 2.75. The zero-order valence-corrected chi connectivity index (χ0v) is 10.7. The smallest absolute Gasteiger partial charge is 0.117 e. The molecule has 0 aliphatic heterocycles. The van der Waals surface area contributed by atoms with Crippen LogP contribution < -0.4 is 5.32 Å². The first-order chi connectivity index (χ1) is 9.38. The number of hydrogen-bond acceptors (Lipinski definition) is 2. The number of nitriles is 1. The quantitative estimate of drug-likeness (QED) is 0.864. The van der Waals surface area contributed by atoms with Crippen molar-refractivity contribution in [2.75, 3.05) is 5.32 Å². The second-order valence-electron chi connectivity index (χ2n) is 4.24. The van der Waals surface area contributed by atoms with Crippen LogP contribution in [0, 0.1) is 11.3 Å². The highest BCUT2D eigenvalue weighted by atomic mass is 14.9. The highest BCUT2D eigenvalue weighted by Crippen LogP contribution is 2.10. The topological polar surface area (TPSA) is 35.8 Å². The molecular weight excluding hydrogens is 232 g/mol. The Kier molecular flexibility index (Phi) is 4.78. The molecule has 0 saturated carbocycles. The summed E-state index contributed by atoms with van der Waals surface area (Å²) in [6.45, 7) is 0. The summed E-state index contributed by atoms with van der Waals surface area (Å²) >= 11 is 0. The number of rotatable bonds is 5. The minimum atomic E-state index is -0.206. The van der Waals surface area contributed by atoms with Crippen LogP contribution >= 0.6 is 0 Å². The van der Waals surface area contributed by atoms with Gasteiger partial charge < -0.3 is 5.32 Å². The maximum absolute atomic E-state index is 9.14. The van der Waals surface area contributed by atoms with Crippen molar-refractivity contribution in [2.45, 2.75) is 12.5 Å². The maximum atomic E-state index is 9.14. The number of hydrogen-bond donors (Lipinski definition) is 1. The Balaban J connectivity index is 1.90. The van der Waals surface area contributed by atoms with Crippen molar-refractivity contribution < 1.29 is 0 Å². The van der Waals surface area contributed by atoms with Crippen LogP contribution in [-0.2, 0) is 0 Å². The zero-order chi connectivity index (χ0) is 13.3. The van der Waals surface area contributed by atoms with E-state index in [9.17, 15) is 0 Å². The number of benzene rings is 2. The minimum Gasteiger partial charge on any atom is -0.370 e. The number of anilines is 1. The van der Waals surface area contributed by atoms with Gasteiger partial charge in [0.05, 0.1) is 6.07 Å². The Morgan fingerprint density at radius 3 is 2.26 bits per heavy atom. The summed E-state index contributed by atoms with van der Waals surface area (Å²) in [6, 6.07) is 22.0. The van der Waals surface area contributed by atoms with E-state index in [0.29, 0.717) is 6.42 Å². The molecule has 0 spiro atoms. The molecule has 0 aromatic heterocycles. The van der Waals surface area contributed by atoms with Gasteiger partial charge in [0.15, 0.2) is 0 Å². The third kappa shape index (κ3) is 4.33. The Bertz CT molecular complexity index is 553. The lowest BCUT2D eigenvalue weighted by molar-refractivity contribution is 0.909. The molecule has 1 N–H and O–H groups in total. The maximum Gasteiger partial charge on any atom is 0.117 e. The van der Waals surface area contributed by atoms with Crippen molar-refractivity contribution in [1.29, 1.82) is 5.26 Å². The van der Waals surface area contributed by atoms with Crippen LogP contribution in [0.4, 0.5) is 5.69 Å². The van der Waals surface area contributed by atoms with E-state index in [-0.39, 0.29) is 6.04 Å². The van der Waals surface area contributed by atoms with Gasteiger partial charge in [0.25, 0.3) is 0 Å². The van der Waals surface area contributed by atoms with Crippen molar-refractivity contribution in [1.82, 2.24) is 0 Å². The molecule has 0 aliphatic carbocycles. The van der Waals surface area contributed by atoms with Crippen LogP contribution in [0.3, 0.4) is 0 Å². The molecule has 0 aliphatic rings. The Morgan fingerprint density at radius 2 is 1.63 bits per heavy atom. The Morgan fingerprint density at radius 1 is 1.00 bits per heavy atom. The molecule has 0 heterocycles. The van der Waals surface area contributed by atoms with E-state index in [1.807, 2.05) is 72.8 Å². The number of nitrogens with zero attached hydrogens (tertiary/aromatic N) is 1. The molecule has 2 heteroatoms. The van der Waals surface area contributed by atoms with Crippen molar-refractivity contribution in [3.05, 3.63) is 72.3 Å². The molecule has 1 unspecified atom stereocenters. The highest BCUT2D eigenvalue weighted by Gasteiger charge is 2.03. The second-order valence-corrected chi connectivity index (χ2v) is 4.24. The SMILES string of the molecule is N#CC(C/C=C/c1ccccc1)Nc1ccccc1. The summed E-state index contributed by atoms with van der Waals surface area (Å²) in [6.07, 6.45) is 4.75. The van der Waals surface area contributed by atoms with E-state index in [2.05, 4.69) is 11.4 Å². The summed E-state index contributed by atoms with van der Waals surface area (Å²) in [4.78, 5) is 0. The fraction of sp³-hybridized carbons (Fsp3) is 0.118. The van der Waals surface area contributed by atoms with Gasteiger partial charge in [-0.05, 0) is 24.1 Å². The highest BCUT2D eigenvalue weighted by molar-refractivity contribution is 5.50. The molecule has 2 nitrogen and oxygen atoms in total. The molecule has 2 aromatic carbocycles. The van der Waals surface area contributed by atoms with E-state index in [0.717, 1.165) is 11.3 Å². The molecule has 1 atom stereocenters. The predicted octanol–water partition coefficient (Wildman–Crippen LogP) is 4.09. The first-order valence-corrected chi connectivity index (χ1v) is 6.31. The number of para-hydroxylation sites is 1. The average Bonchev–Trinajstić information content (AvgIpc) is 2.48. The van der Waals surface area contributed by atoms with Crippen molar-refractivity contribution in [3.8, 4) is 6.07 Å². The molecule has 0 amide bonds. The van der Waals surface area contributed by atoms with Gasteiger partial charge in [-0.1, -0.05) is 60.7 Å². The van der Waals surface area contributed by atoms with Crippen LogP contribution in [0.1, 0.15) is 12.0 Å². The van der Waals surface area contributed by atoms with Crippen molar-refractivity contribution in [2.24, 2.45) is 0 Å². The van der Waals surface area contributed by atoms with Crippen LogP contribution in [0.5, 0.6) is 0 Å². The lowest BCUT2D eigenvalue weighted by Crippen LogP contribution is -2.15. The monoisotopic (exact) mass is 248 g/mol. The molecule has 19 heavy (non-hydrogen) atoms. The second kappa shape index (κ2) is 7.03. The van der Waals surface area contributed by atoms with Gasteiger partial charge in [-0.3, -0.25) is 0 Å². The van der Waals surface area contributed by atoms with Crippen molar-refractivity contribution in [3.63, 3.8) is 0 Å². The average molecular weight is 248 g/mol. The van der Waals surface area contributed by atoms with E-state index in [1.165, 1.54) is 0 Å². The fourth-order valence-electron chi connectivity index (χ4n) is 1.78. The lowest BCUT2D eigenvalue weighted by Gasteiger charge is -2.10. The summed E-state index contributed by atoms with van der Waals surface area (Å²) < 4.78 is 0. The fourth-order valence-corrected chi connectivity index (χ4v) is 1.78.